The number of rotatable bonds is 5. The van der Waals surface area contributed by atoms with Crippen LogP contribution >= 0.6 is 0 Å². The van der Waals surface area contributed by atoms with Crippen LogP contribution in [-0.4, -0.2) is 35.8 Å². The summed E-state index contributed by atoms with van der Waals surface area (Å²) in [6.07, 6.45) is 1.33. The van der Waals surface area contributed by atoms with E-state index in [0.717, 1.165) is 24.5 Å². The first-order chi connectivity index (χ1) is 14.6. The predicted molar refractivity (Wildman–Crippen MR) is 102 cm³/mol. The molecule has 0 fully saturated rings. The monoisotopic (exact) mass is 518 g/mol. The molecule has 0 aliphatic heterocycles. The molecule has 1 aromatic heterocycles. The molecule has 0 atom stereocenters. The third-order valence-corrected chi connectivity index (χ3v) is 4.82. The minimum absolute atomic E-state index is 0.0252. The van der Waals surface area contributed by atoms with Crippen molar-refractivity contribution in [1.29, 1.82) is 0 Å². The van der Waals surface area contributed by atoms with E-state index in [1.165, 1.54) is 24.3 Å². The quantitative estimate of drug-likeness (QED) is 0.374. The van der Waals surface area contributed by atoms with E-state index in [1.54, 1.807) is 0 Å². The summed E-state index contributed by atoms with van der Waals surface area (Å²) in [7, 11) is -3.46. The van der Waals surface area contributed by atoms with Crippen molar-refractivity contribution >= 4 is 30.9 Å². The summed E-state index contributed by atoms with van der Waals surface area (Å²) in [5.74, 6) is -3.26. The number of carbonyl (C=O) groups excluding carboxylic acids is 1. The molecular formula is C19H12F2O8SSe. The fourth-order valence-electron chi connectivity index (χ4n) is 2.37. The molecule has 0 aliphatic carbocycles. The first-order valence-electron chi connectivity index (χ1n) is 8.09. The van der Waals surface area contributed by atoms with Crippen LogP contribution in [0, 0.1) is 11.6 Å². The number of halogens is 2. The second-order valence-electron chi connectivity index (χ2n) is 5.83. The number of hydrogen-bond acceptors (Lipinski definition) is 8. The molecule has 0 bridgehead atoms. The van der Waals surface area contributed by atoms with Crippen molar-refractivity contribution in [2.75, 3.05) is 6.26 Å². The van der Waals surface area contributed by atoms with Gasteiger partial charge in [0.2, 0.25) is 11.2 Å². The summed E-state index contributed by atoms with van der Waals surface area (Å²) >= 11 is -1.62. The van der Waals surface area contributed by atoms with Crippen molar-refractivity contribution in [2.45, 2.75) is 4.90 Å². The van der Waals surface area contributed by atoms with Crippen LogP contribution in [0.1, 0.15) is 10.6 Å². The Hall–Kier alpha value is -3.21. The van der Waals surface area contributed by atoms with Crippen molar-refractivity contribution in [1.82, 2.24) is 0 Å². The molecule has 2 aromatic carbocycles. The van der Waals surface area contributed by atoms with E-state index in [0.29, 0.717) is 12.4 Å². The Bertz CT molecular complexity index is 1310. The zero-order valence-electron chi connectivity index (χ0n) is 15.5. The zero-order chi connectivity index (χ0) is 23.2. The van der Waals surface area contributed by atoms with Crippen LogP contribution in [-0.2, 0) is 17.5 Å². The fourth-order valence-corrected chi connectivity index (χ4v) is 3.00. The normalized spacial score (nSPS) is 10.5. The Kier molecular flexibility index (Phi) is 7.92. The number of benzene rings is 2. The van der Waals surface area contributed by atoms with Gasteiger partial charge < -0.3 is 9.15 Å². The minimum atomic E-state index is -3.46. The fraction of sp³-hybridized carbons (Fsp3) is 0.0526. The molecule has 0 spiro atoms. The number of aldehydes is 1. The summed E-state index contributed by atoms with van der Waals surface area (Å²) in [6, 6.07) is 8.62. The van der Waals surface area contributed by atoms with Crippen LogP contribution in [0.25, 0.3) is 11.3 Å². The van der Waals surface area contributed by atoms with Gasteiger partial charge in [0, 0.05) is 24.0 Å². The van der Waals surface area contributed by atoms with Gasteiger partial charge in [0.1, 0.15) is 5.82 Å². The van der Waals surface area contributed by atoms with Gasteiger partial charge in [-0.3, -0.25) is 9.59 Å². The van der Waals surface area contributed by atoms with Crippen LogP contribution in [0.5, 0.6) is 11.5 Å². The molecule has 3 aromatic rings. The molecule has 0 saturated carbocycles. The van der Waals surface area contributed by atoms with Gasteiger partial charge in [-0.05, 0) is 36.4 Å². The topological polar surface area (TPSA) is 125 Å². The van der Waals surface area contributed by atoms with Crippen LogP contribution < -0.4 is 10.2 Å². The Balaban J connectivity index is 0.00000107. The Morgan fingerprint density at radius 1 is 1.03 bits per heavy atom. The maximum atomic E-state index is 13.9. The standard InChI is InChI=1S/C19H12F2O6S.O2Se/c1-28(24,25)14-5-2-11(3-6-14)18-19(16(23)9-13(10-22)26-18)27-17-7-4-12(20)8-15(17)21;1-3-2/h2-10H,1H3;. The molecule has 1 heterocycles. The third kappa shape index (κ3) is 6.14. The van der Waals surface area contributed by atoms with Crippen LogP contribution in [0.15, 0.2) is 62.6 Å². The van der Waals surface area contributed by atoms with E-state index >= 15 is 0 Å². The average molecular weight is 517 g/mol. The molecule has 0 saturated heterocycles. The molecule has 12 heteroatoms. The van der Waals surface area contributed by atoms with E-state index in [9.17, 15) is 26.8 Å². The van der Waals surface area contributed by atoms with Crippen molar-refractivity contribution in [3.05, 3.63) is 76.1 Å². The van der Waals surface area contributed by atoms with Crippen molar-refractivity contribution in [2.24, 2.45) is 0 Å². The molecule has 0 unspecified atom stereocenters. The van der Waals surface area contributed by atoms with Gasteiger partial charge in [-0.15, -0.1) is 0 Å². The van der Waals surface area contributed by atoms with Gasteiger partial charge in [-0.2, -0.15) is 0 Å². The van der Waals surface area contributed by atoms with Gasteiger partial charge in [-0.25, -0.2) is 17.2 Å². The molecule has 8 nitrogen and oxygen atoms in total. The number of carbonyl (C=O) groups is 1. The molecule has 0 amide bonds. The van der Waals surface area contributed by atoms with Gasteiger partial charge >= 0.3 is 22.5 Å². The summed E-state index contributed by atoms with van der Waals surface area (Å²) in [6.45, 7) is 0. The van der Waals surface area contributed by atoms with Gasteiger partial charge in [0.15, 0.2) is 39.2 Å². The summed E-state index contributed by atoms with van der Waals surface area (Å²) < 4.78 is 77.7. The molecule has 162 valence electrons. The number of ether oxygens (including phenoxy) is 1. The van der Waals surface area contributed by atoms with Crippen LogP contribution in [0.3, 0.4) is 0 Å². The van der Waals surface area contributed by atoms with Gasteiger partial charge in [0.05, 0.1) is 4.90 Å². The van der Waals surface area contributed by atoms with E-state index in [4.69, 9.17) is 16.8 Å². The summed E-state index contributed by atoms with van der Waals surface area (Å²) in [4.78, 5) is 23.4. The average Bonchev–Trinajstić information content (AvgIpc) is 2.71. The van der Waals surface area contributed by atoms with E-state index < -0.39 is 53.2 Å². The third-order valence-electron chi connectivity index (χ3n) is 3.69. The predicted octanol–water partition coefficient (Wildman–Crippen LogP) is 2.97. The van der Waals surface area contributed by atoms with Gasteiger partial charge in [0.25, 0.3) is 0 Å². The van der Waals surface area contributed by atoms with Gasteiger partial charge in [-0.1, -0.05) is 0 Å². The zero-order valence-corrected chi connectivity index (χ0v) is 18.1. The first-order valence-corrected chi connectivity index (χ1v) is 11.4. The SMILES string of the molecule is CS(=O)(=O)c1ccc(-c2oc(C=O)cc(=O)c2Oc2ccc(F)cc2F)cc1.O=[Se]=O. The Labute approximate surface area is 179 Å². The number of sulfone groups is 1. The Morgan fingerprint density at radius 2 is 1.65 bits per heavy atom. The maximum absolute atomic E-state index is 13.9. The van der Waals surface area contributed by atoms with Crippen molar-refractivity contribution in [3.63, 3.8) is 0 Å². The molecular weight excluding hydrogens is 505 g/mol. The molecule has 31 heavy (non-hydrogen) atoms. The Morgan fingerprint density at radius 3 is 2.16 bits per heavy atom. The molecule has 0 aliphatic rings. The number of hydrogen-bond donors (Lipinski definition) is 0. The second kappa shape index (κ2) is 10.2. The van der Waals surface area contributed by atoms with Crippen molar-refractivity contribution < 1.29 is 38.8 Å². The van der Waals surface area contributed by atoms with E-state index in [2.05, 4.69) is 0 Å². The van der Waals surface area contributed by atoms with Crippen LogP contribution in [0.2, 0.25) is 0 Å². The van der Waals surface area contributed by atoms with E-state index in [1.807, 2.05) is 0 Å². The molecule has 0 radical (unpaired) electrons. The first kappa shape index (κ1) is 24.1. The summed E-state index contributed by atoms with van der Waals surface area (Å²) in [5, 5.41) is 0. The summed E-state index contributed by atoms with van der Waals surface area (Å²) in [5.41, 5.74) is -0.565. The molecule has 3 rings (SSSR count). The van der Waals surface area contributed by atoms with Crippen LogP contribution in [0.4, 0.5) is 8.78 Å². The second-order valence-corrected chi connectivity index (χ2v) is 8.13. The van der Waals surface area contributed by atoms with E-state index in [-0.39, 0.29) is 22.0 Å². The van der Waals surface area contributed by atoms with Crippen molar-refractivity contribution in [3.8, 4) is 22.8 Å². The molecule has 0 N–H and O–H groups in total.